The Morgan fingerprint density at radius 3 is 2.42 bits per heavy atom. The van der Waals surface area contributed by atoms with Crippen LogP contribution in [0.2, 0.25) is 5.02 Å². The van der Waals surface area contributed by atoms with Gasteiger partial charge in [0.25, 0.3) is 0 Å². The van der Waals surface area contributed by atoms with E-state index < -0.39 is 0 Å². The number of anilines is 3. The van der Waals surface area contributed by atoms with Gasteiger partial charge in [-0.05, 0) is 35.9 Å². The molecular formula is C19H19ClN4O2. The zero-order valence-corrected chi connectivity index (χ0v) is 15.2. The second-order valence-corrected chi connectivity index (χ2v) is 5.90. The van der Waals surface area contributed by atoms with Crippen LogP contribution in [-0.4, -0.2) is 24.2 Å². The quantitative estimate of drug-likeness (QED) is 0.638. The highest BCUT2D eigenvalue weighted by Gasteiger charge is 2.06. The van der Waals surface area contributed by atoms with Gasteiger partial charge in [-0.2, -0.15) is 0 Å². The van der Waals surface area contributed by atoms with Gasteiger partial charge in [-0.15, -0.1) is 0 Å². The van der Waals surface area contributed by atoms with E-state index >= 15 is 0 Å². The molecule has 0 aliphatic rings. The van der Waals surface area contributed by atoms with Crippen LogP contribution >= 0.6 is 11.6 Å². The molecule has 1 aromatic heterocycles. The van der Waals surface area contributed by atoms with Gasteiger partial charge in [0, 0.05) is 17.6 Å². The van der Waals surface area contributed by atoms with Crippen molar-refractivity contribution in [2.75, 3.05) is 24.9 Å². The minimum Gasteiger partial charge on any atom is -0.497 e. The topological polar surface area (TPSA) is 68.3 Å². The van der Waals surface area contributed by atoms with Crippen LogP contribution in [0.1, 0.15) is 5.56 Å². The van der Waals surface area contributed by atoms with E-state index in [2.05, 4.69) is 20.6 Å². The lowest BCUT2D eigenvalue weighted by Gasteiger charge is -2.12. The van der Waals surface area contributed by atoms with E-state index in [0.717, 1.165) is 17.0 Å². The number of aromatic nitrogens is 2. The van der Waals surface area contributed by atoms with Crippen molar-refractivity contribution in [2.24, 2.45) is 0 Å². The smallest absolute Gasteiger partial charge is 0.142 e. The van der Waals surface area contributed by atoms with Crippen LogP contribution < -0.4 is 20.1 Å². The summed E-state index contributed by atoms with van der Waals surface area (Å²) in [6.07, 6.45) is 1.50. The molecule has 0 spiro atoms. The molecule has 26 heavy (non-hydrogen) atoms. The molecule has 0 aliphatic heterocycles. The minimum absolute atomic E-state index is 0.611. The van der Waals surface area contributed by atoms with Gasteiger partial charge in [0.15, 0.2) is 0 Å². The SMILES string of the molecule is COc1ccc(CNc2cc(Nc3cc(Cl)ccc3OC)ncn2)cc1. The predicted molar refractivity (Wildman–Crippen MR) is 104 cm³/mol. The van der Waals surface area contributed by atoms with Crippen molar-refractivity contribution in [2.45, 2.75) is 6.54 Å². The van der Waals surface area contributed by atoms with Gasteiger partial charge < -0.3 is 20.1 Å². The van der Waals surface area contributed by atoms with Crippen LogP contribution in [0.25, 0.3) is 0 Å². The molecule has 0 aliphatic carbocycles. The first kappa shape index (κ1) is 17.8. The van der Waals surface area contributed by atoms with Crippen LogP contribution in [0.15, 0.2) is 54.9 Å². The molecule has 0 atom stereocenters. The molecule has 3 rings (SSSR count). The van der Waals surface area contributed by atoms with Gasteiger partial charge in [-0.3, -0.25) is 0 Å². The highest BCUT2D eigenvalue weighted by atomic mass is 35.5. The van der Waals surface area contributed by atoms with E-state index in [4.69, 9.17) is 21.1 Å². The van der Waals surface area contributed by atoms with Crippen molar-refractivity contribution >= 4 is 28.9 Å². The summed E-state index contributed by atoms with van der Waals surface area (Å²) in [5.74, 6) is 2.86. The van der Waals surface area contributed by atoms with Gasteiger partial charge in [-0.25, -0.2) is 9.97 Å². The average Bonchev–Trinajstić information content (AvgIpc) is 2.67. The number of methoxy groups -OCH3 is 2. The van der Waals surface area contributed by atoms with Crippen LogP contribution in [0.5, 0.6) is 11.5 Å². The number of nitrogens with one attached hydrogen (secondary N) is 2. The molecular weight excluding hydrogens is 352 g/mol. The Labute approximate surface area is 157 Å². The van der Waals surface area contributed by atoms with Gasteiger partial charge in [-0.1, -0.05) is 23.7 Å². The molecule has 6 nitrogen and oxygen atoms in total. The molecule has 0 fully saturated rings. The third kappa shape index (κ3) is 4.55. The number of ether oxygens (including phenoxy) is 2. The Morgan fingerprint density at radius 2 is 1.69 bits per heavy atom. The van der Waals surface area contributed by atoms with Crippen LogP contribution in [0, 0.1) is 0 Å². The van der Waals surface area contributed by atoms with E-state index in [1.54, 1.807) is 32.4 Å². The van der Waals surface area contributed by atoms with Crippen molar-refractivity contribution in [1.82, 2.24) is 9.97 Å². The lowest BCUT2D eigenvalue weighted by molar-refractivity contribution is 0.414. The molecule has 2 N–H and O–H groups in total. The monoisotopic (exact) mass is 370 g/mol. The Hall–Kier alpha value is -2.99. The zero-order valence-electron chi connectivity index (χ0n) is 14.5. The summed E-state index contributed by atoms with van der Waals surface area (Å²) >= 11 is 6.06. The number of benzene rings is 2. The maximum Gasteiger partial charge on any atom is 0.142 e. The molecule has 1 heterocycles. The summed E-state index contributed by atoms with van der Waals surface area (Å²) in [7, 11) is 3.26. The minimum atomic E-state index is 0.611. The van der Waals surface area contributed by atoms with Crippen molar-refractivity contribution in [3.8, 4) is 11.5 Å². The van der Waals surface area contributed by atoms with Crippen molar-refractivity contribution in [3.05, 3.63) is 65.4 Å². The first-order chi connectivity index (χ1) is 12.7. The van der Waals surface area contributed by atoms with E-state index in [-0.39, 0.29) is 0 Å². The Morgan fingerprint density at radius 1 is 0.923 bits per heavy atom. The normalized spacial score (nSPS) is 10.3. The fourth-order valence-corrected chi connectivity index (χ4v) is 2.55. The number of rotatable bonds is 7. The number of hydrogen-bond donors (Lipinski definition) is 2. The van der Waals surface area contributed by atoms with E-state index in [1.807, 2.05) is 30.3 Å². The summed E-state index contributed by atoms with van der Waals surface area (Å²) < 4.78 is 10.5. The first-order valence-corrected chi connectivity index (χ1v) is 8.35. The summed E-state index contributed by atoms with van der Waals surface area (Å²) in [6, 6.07) is 15.0. The molecule has 0 radical (unpaired) electrons. The number of halogens is 1. The summed E-state index contributed by atoms with van der Waals surface area (Å²) in [5, 5.41) is 7.09. The largest absolute Gasteiger partial charge is 0.497 e. The van der Waals surface area contributed by atoms with Crippen LogP contribution in [0.4, 0.5) is 17.3 Å². The third-order valence-electron chi connectivity index (χ3n) is 3.72. The number of nitrogens with zero attached hydrogens (tertiary/aromatic N) is 2. The summed E-state index contributed by atoms with van der Waals surface area (Å²) in [5.41, 5.74) is 1.86. The van der Waals surface area contributed by atoms with Crippen molar-refractivity contribution < 1.29 is 9.47 Å². The highest BCUT2D eigenvalue weighted by Crippen LogP contribution is 2.30. The Bertz CT molecular complexity index is 872. The fraction of sp³-hybridized carbons (Fsp3) is 0.158. The number of hydrogen-bond acceptors (Lipinski definition) is 6. The van der Waals surface area contributed by atoms with E-state index in [1.165, 1.54) is 6.33 Å². The Kier molecular flexibility index (Phi) is 5.76. The molecule has 2 aromatic carbocycles. The maximum absolute atomic E-state index is 6.06. The summed E-state index contributed by atoms with van der Waals surface area (Å²) in [4.78, 5) is 8.49. The predicted octanol–water partition coefficient (Wildman–Crippen LogP) is 4.50. The second-order valence-electron chi connectivity index (χ2n) is 5.46. The lowest BCUT2D eigenvalue weighted by Crippen LogP contribution is -2.03. The fourth-order valence-electron chi connectivity index (χ4n) is 2.37. The van der Waals surface area contributed by atoms with Crippen molar-refractivity contribution in [1.29, 1.82) is 0 Å². The standard InChI is InChI=1S/C19H19ClN4O2/c1-25-15-6-3-13(4-7-15)11-21-18-10-19(23-12-22-18)24-16-9-14(20)5-8-17(16)26-2/h3-10,12H,11H2,1-2H3,(H2,21,22,23,24). The summed E-state index contributed by atoms with van der Waals surface area (Å²) in [6.45, 7) is 0.640. The average molecular weight is 371 g/mol. The van der Waals surface area contributed by atoms with Gasteiger partial charge in [0.05, 0.1) is 19.9 Å². The molecule has 0 saturated heterocycles. The first-order valence-electron chi connectivity index (χ1n) is 7.97. The third-order valence-corrected chi connectivity index (χ3v) is 3.96. The molecule has 0 amide bonds. The van der Waals surface area contributed by atoms with Crippen molar-refractivity contribution in [3.63, 3.8) is 0 Å². The molecule has 3 aromatic rings. The lowest BCUT2D eigenvalue weighted by atomic mass is 10.2. The van der Waals surface area contributed by atoms with Crippen LogP contribution in [0.3, 0.4) is 0 Å². The van der Waals surface area contributed by atoms with Gasteiger partial charge in [0.1, 0.15) is 29.5 Å². The molecule has 0 bridgehead atoms. The van der Waals surface area contributed by atoms with Crippen LogP contribution in [-0.2, 0) is 6.54 Å². The van der Waals surface area contributed by atoms with Gasteiger partial charge in [0.2, 0.25) is 0 Å². The molecule has 134 valence electrons. The van der Waals surface area contributed by atoms with E-state index in [0.29, 0.717) is 29.0 Å². The molecule has 0 unspecified atom stereocenters. The molecule has 0 saturated carbocycles. The Balaban J connectivity index is 1.69. The zero-order chi connectivity index (χ0) is 18.4. The maximum atomic E-state index is 6.06. The highest BCUT2D eigenvalue weighted by molar-refractivity contribution is 6.31. The molecule has 7 heteroatoms. The van der Waals surface area contributed by atoms with E-state index in [9.17, 15) is 0 Å². The van der Waals surface area contributed by atoms with Gasteiger partial charge >= 0.3 is 0 Å². The second kappa shape index (κ2) is 8.40.